The number of aryl methyl sites for hydroxylation is 2. The minimum atomic E-state index is 0. The maximum atomic E-state index is 6.22. The molecule has 0 aliphatic heterocycles. The van der Waals surface area contributed by atoms with Crippen molar-refractivity contribution in [3.63, 3.8) is 0 Å². The highest BCUT2D eigenvalue weighted by atomic mass is 35.5. The molecule has 1 fully saturated rings. The Balaban J connectivity index is 0.00000144. The number of hydrogen-bond donors (Lipinski definition) is 1. The van der Waals surface area contributed by atoms with E-state index in [9.17, 15) is 0 Å². The summed E-state index contributed by atoms with van der Waals surface area (Å²) in [5.41, 5.74) is 9.84. The average molecular weight is 256 g/mol. The van der Waals surface area contributed by atoms with E-state index in [1.807, 2.05) is 0 Å². The zero-order valence-corrected chi connectivity index (χ0v) is 11.6. The van der Waals surface area contributed by atoms with E-state index in [4.69, 9.17) is 10.5 Å². The van der Waals surface area contributed by atoms with Crippen LogP contribution in [0.1, 0.15) is 42.0 Å². The summed E-state index contributed by atoms with van der Waals surface area (Å²) >= 11 is 0. The van der Waals surface area contributed by atoms with Crippen LogP contribution in [0.5, 0.6) is 5.75 Å². The Labute approximate surface area is 110 Å². The van der Waals surface area contributed by atoms with Crippen molar-refractivity contribution in [2.75, 3.05) is 7.11 Å². The molecule has 0 aromatic heterocycles. The zero-order chi connectivity index (χ0) is 11.7. The number of rotatable bonds is 4. The number of halogens is 1. The van der Waals surface area contributed by atoms with Gasteiger partial charge in [0.05, 0.1) is 7.11 Å². The van der Waals surface area contributed by atoms with Gasteiger partial charge in [0.1, 0.15) is 5.75 Å². The second-order valence-corrected chi connectivity index (χ2v) is 4.97. The SMILES string of the molecule is COc1c(C)cc([C@H](N)CC2CC2)cc1C.Cl. The third kappa shape index (κ3) is 3.36. The second-order valence-electron chi connectivity index (χ2n) is 4.97. The number of ether oxygens (including phenoxy) is 1. The lowest BCUT2D eigenvalue weighted by Crippen LogP contribution is -2.11. The molecule has 3 heteroatoms. The molecule has 2 N–H and O–H groups in total. The quantitative estimate of drug-likeness (QED) is 0.893. The molecule has 1 aliphatic rings. The molecule has 96 valence electrons. The van der Waals surface area contributed by atoms with E-state index in [0.717, 1.165) is 18.1 Å². The van der Waals surface area contributed by atoms with Gasteiger partial charge in [0, 0.05) is 6.04 Å². The predicted molar refractivity (Wildman–Crippen MR) is 74.0 cm³/mol. The highest BCUT2D eigenvalue weighted by molar-refractivity contribution is 5.85. The van der Waals surface area contributed by atoms with Crippen molar-refractivity contribution in [3.05, 3.63) is 28.8 Å². The van der Waals surface area contributed by atoms with Crippen molar-refractivity contribution >= 4 is 12.4 Å². The first-order valence-corrected chi connectivity index (χ1v) is 6.02. The Morgan fingerprint density at radius 2 is 1.82 bits per heavy atom. The van der Waals surface area contributed by atoms with E-state index in [-0.39, 0.29) is 18.4 Å². The fourth-order valence-electron chi connectivity index (χ4n) is 2.37. The topological polar surface area (TPSA) is 35.2 Å². The predicted octanol–water partition coefficient (Wildman–Crippen LogP) is 3.53. The number of nitrogens with two attached hydrogens (primary N) is 1. The minimum absolute atomic E-state index is 0. The molecule has 2 rings (SSSR count). The molecule has 0 heterocycles. The summed E-state index contributed by atoms with van der Waals surface area (Å²) in [4.78, 5) is 0. The summed E-state index contributed by atoms with van der Waals surface area (Å²) in [5.74, 6) is 1.86. The fraction of sp³-hybridized carbons (Fsp3) is 0.571. The Morgan fingerprint density at radius 3 is 2.24 bits per heavy atom. The lowest BCUT2D eigenvalue weighted by molar-refractivity contribution is 0.408. The highest BCUT2D eigenvalue weighted by Crippen LogP contribution is 2.37. The van der Waals surface area contributed by atoms with E-state index in [1.165, 1.54) is 29.5 Å². The molecule has 1 atom stereocenters. The van der Waals surface area contributed by atoms with Crippen LogP contribution in [0.15, 0.2) is 12.1 Å². The Morgan fingerprint density at radius 1 is 1.29 bits per heavy atom. The van der Waals surface area contributed by atoms with Gasteiger partial charge in [-0.3, -0.25) is 0 Å². The molecule has 0 unspecified atom stereocenters. The summed E-state index contributed by atoms with van der Waals surface area (Å²) < 4.78 is 5.36. The normalized spacial score (nSPS) is 16.2. The Hall–Kier alpha value is -0.730. The molecule has 2 nitrogen and oxygen atoms in total. The van der Waals surface area contributed by atoms with Crippen LogP contribution in [-0.2, 0) is 0 Å². The number of methoxy groups -OCH3 is 1. The molecule has 1 aromatic carbocycles. The van der Waals surface area contributed by atoms with E-state index < -0.39 is 0 Å². The highest BCUT2D eigenvalue weighted by Gasteiger charge is 2.24. The van der Waals surface area contributed by atoms with E-state index in [0.29, 0.717) is 0 Å². The summed E-state index contributed by atoms with van der Waals surface area (Å²) in [6.07, 6.45) is 3.86. The number of hydrogen-bond acceptors (Lipinski definition) is 2. The lowest BCUT2D eigenvalue weighted by atomic mass is 9.97. The van der Waals surface area contributed by atoms with Crippen molar-refractivity contribution in [3.8, 4) is 5.75 Å². The summed E-state index contributed by atoms with van der Waals surface area (Å²) in [6.45, 7) is 4.17. The van der Waals surface area contributed by atoms with E-state index in [1.54, 1.807) is 7.11 Å². The monoisotopic (exact) mass is 255 g/mol. The first-order chi connectivity index (χ1) is 7.61. The molecule has 0 bridgehead atoms. The molecule has 0 saturated heterocycles. The third-order valence-electron chi connectivity index (χ3n) is 3.40. The van der Waals surface area contributed by atoms with Gasteiger partial charge in [-0.1, -0.05) is 25.0 Å². The molecule has 1 saturated carbocycles. The smallest absolute Gasteiger partial charge is 0.124 e. The zero-order valence-electron chi connectivity index (χ0n) is 10.8. The number of benzene rings is 1. The van der Waals surface area contributed by atoms with Gasteiger partial charge in [0.2, 0.25) is 0 Å². The van der Waals surface area contributed by atoms with Crippen molar-refractivity contribution < 1.29 is 4.74 Å². The fourth-order valence-corrected chi connectivity index (χ4v) is 2.37. The van der Waals surface area contributed by atoms with Crippen LogP contribution in [0.25, 0.3) is 0 Å². The molecule has 0 amide bonds. The van der Waals surface area contributed by atoms with Gasteiger partial charge < -0.3 is 10.5 Å². The van der Waals surface area contributed by atoms with Crippen molar-refractivity contribution in [2.24, 2.45) is 11.7 Å². The largest absolute Gasteiger partial charge is 0.496 e. The van der Waals surface area contributed by atoms with Gasteiger partial charge in [-0.25, -0.2) is 0 Å². The van der Waals surface area contributed by atoms with Gasteiger partial charge in [-0.15, -0.1) is 12.4 Å². The van der Waals surface area contributed by atoms with Gasteiger partial charge >= 0.3 is 0 Å². The Bertz CT molecular complexity index is 365. The first-order valence-electron chi connectivity index (χ1n) is 6.02. The summed E-state index contributed by atoms with van der Waals surface area (Å²) in [7, 11) is 1.72. The van der Waals surface area contributed by atoms with Crippen molar-refractivity contribution in [1.29, 1.82) is 0 Å². The molecule has 1 aromatic rings. The molecule has 1 aliphatic carbocycles. The van der Waals surface area contributed by atoms with Crippen molar-refractivity contribution in [1.82, 2.24) is 0 Å². The summed E-state index contributed by atoms with van der Waals surface area (Å²) in [5, 5.41) is 0. The van der Waals surface area contributed by atoms with E-state index in [2.05, 4.69) is 26.0 Å². The van der Waals surface area contributed by atoms with E-state index >= 15 is 0 Å². The molecule has 0 spiro atoms. The van der Waals surface area contributed by atoms with Crippen LogP contribution >= 0.6 is 12.4 Å². The van der Waals surface area contributed by atoms with Gasteiger partial charge in [-0.2, -0.15) is 0 Å². The van der Waals surface area contributed by atoms with Crippen molar-refractivity contribution in [2.45, 2.75) is 39.2 Å². The van der Waals surface area contributed by atoms with Gasteiger partial charge in [0.15, 0.2) is 0 Å². The maximum absolute atomic E-state index is 6.22. The first kappa shape index (κ1) is 14.3. The second kappa shape index (κ2) is 5.74. The Kier molecular flexibility index (Phi) is 4.84. The lowest BCUT2D eigenvalue weighted by Gasteiger charge is -2.16. The molecule has 17 heavy (non-hydrogen) atoms. The molecular formula is C14H22ClNO. The van der Waals surface area contributed by atoms with Gasteiger partial charge in [-0.05, 0) is 42.9 Å². The van der Waals surface area contributed by atoms with Gasteiger partial charge in [0.25, 0.3) is 0 Å². The van der Waals surface area contributed by atoms with Crippen LogP contribution in [0.3, 0.4) is 0 Å². The van der Waals surface area contributed by atoms with Crippen LogP contribution in [-0.4, -0.2) is 7.11 Å². The molecule has 0 radical (unpaired) electrons. The average Bonchev–Trinajstić information content (AvgIpc) is 3.01. The van der Waals surface area contributed by atoms with Crippen LogP contribution in [0.4, 0.5) is 0 Å². The van der Waals surface area contributed by atoms with Crippen LogP contribution in [0.2, 0.25) is 0 Å². The minimum Gasteiger partial charge on any atom is -0.496 e. The van der Waals surface area contributed by atoms with Crippen LogP contribution < -0.4 is 10.5 Å². The standard InChI is InChI=1S/C14H21NO.ClH/c1-9-6-12(7-10(2)14(9)16-3)13(15)8-11-4-5-11;/h6-7,11,13H,4-5,8,15H2,1-3H3;1H/t13-;/m1./s1. The molecular weight excluding hydrogens is 234 g/mol. The third-order valence-corrected chi connectivity index (χ3v) is 3.40. The maximum Gasteiger partial charge on any atom is 0.124 e. The van der Waals surface area contributed by atoms with Crippen LogP contribution in [0, 0.1) is 19.8 Å². The summed E-state index contributed by atoms with van der Waals surface area (Å²) in [6, 6.07) is 4.52.